The molecule has 0 N–H and O–H groups in total. The minimum atomic E-state index is -1.02. The minimum Gasteiger partial charge on any atom is -0.467 e. The van der Waals surface area contributed by atoms with Crippen LogP contribution in [0.4, 0.5) is 4.39 Å². The molecule has 0 heterocycles. The lowest BCUT2D eigenvalue weighted by Gasteiger charge is -2.26. The first-order valence-corrected chi connectivity index (χ1v) is 7.41. The van der Waals surface area contributed by atoms with Crippen LogP contribution in [0.1, 0.15) is 17.3 Å². The molecule has 24 heavy (non-hydrogen) atoms. The zero-order valence-corrected chi connectivity index (χ0v) is 13.8. The van der Waals surface area contributed by atoms with Gasteiger partial charge in [-0.2, -0.15) is 5.06 Å². The summed E-state index contributed by atoms with van der Waals surface area (Å²) in [5.74, 6) is -1.71. The molecule has 2 aromatic rings. The van der Waals surface area contributed by atoms with Gasteiger partial charge in [-0.05, 0) is 31.2 Å². The van der Waals surface area contributed by atoms with Crippen LogP contribution in [0.15, 0.2) is 48.5 Å². The number of esters is 1. The zero-order chi connectivity index (χ0) is 17.7. The van der Waals surface area contributed by atoms with E-state index < -0.39 is 23.7 Å². The molecule has 0 bridgehead atoms. The number of carbonyl (C=O) groups is 2. The third-order valence-electron chi connectivity index (χ3n) is 3.21. The Morgan fingerprint density at radius 2 is 1.83 bits per heavy atom. The number of carbonyl (C=O) groups excluding carboxylic acids is 2. The quantitative estimate of drug-likeness (QED) is 0.611. The van der Waals surface area contributed by atoms with Crippen molar-refractivity contribution in [2.75, 3.05) is 7.11 Å². The molecule has 0 fully saturated rings. The number of amides is 1. The molecule has 2 aromatic carbocycles. The molecule has 1 atom stereocenters. The van der Waals surface area contributed by atoms with Crippen molar-refractivity contribution >= 4 is 23.5 Å². The summed E-state index contributed by atoms with van der Waals surface area (Å²) in [4.78, 5) is 30.0. The Hall–Kier alpha value is -2.60. The Kier molecular flexibility index (Phi) is 5.76. The van der Waals surface area contributed by atoms with Crippen LogP contribution in [0.25, 0.3) is 0 Å². The van der Waals surface area contributed by atoms with Gasteiger partial charge in [-0.1, -0.05) is 29.8 Å². The summed E-state index contributed by atoms with van der Waals surface area (Å²) in [5.41, 5.74) is 0.321. The number of hydrogen-bond donors (Lipinski definition) is 0. The van der Waals surface area contributed by atoms with Gasteiger partial charge in [-0.15, -0.1) is 0 Å². The summed E-state index contributed by atoms with van der Waals surface area (Å²) < 4.78 is 17.9. The van der Waals surface area contributed by atoms with Crippen LogP contribution in [0.2, 0.25) is 5.02 Å². The van der Waals surface area contributed by atoms with Gasteiger partial charge in [0.15, 0.2) is 11.8 Å². The van der Waals surface area contributed by atoms with E-state index >= 15 is 0 Å². The summed E-state index contributed by atoms with van der Waals surface area (Å²) >= 11 is 5.71. The molecule has 0 unspecified atom stereocenters. The second-order valence-electron chi connectivity index (χ2n) is 4.86. The maximum Gasteiger partial charge on any atom is 0.332 e. The Morgan fingerprint density at radius 3 is 2.42 bits per heavy atom. The van der Waals surface area contributed by atoms with Crippen molar-refractivity contribution in [1.82, 2.24) is 5.06 Å². The number of methoxy groups -OCH3 is 1. The Bertz CT molecular complexity index is 739. The fraction of sp³-hybridized carbons (Fsp3) is 0.176. The van der Waals surface area contributed by atoms with Gasteiger partial charge in [0, 0.05) is 11.6 Å². The molecule has 0 aromatic heterocycles. The Morgan fingerprint density at radius 1 is 1.17 bits per heavy atom. The summed E-state index contributed by atoms with van der Waals surface area (Å²) in [6.45, 7) is 1.46. The molecular weight excluding hydrogens is 337 g/mol. The zero-order valence-electron chi connectivity index (χ0n) is 13.0. The number of benzene rings is 2. The van der Waals surface area contributed by atoms with Crippen molar-refractivity contribution in [3.8, 4) is 5.75 Å². The van der Waals surface area contributed by atoms with Crippen LogP contribution >= 0.6 is 11.6 Å². The number of nitrogens with zero attached hydrogens (tertiary/aromatic N) is 1. The highest BCUT2D eigenvalue weighted by atomic mass is 35.5. The largest absolute Gasteiger partial charge is 0.467 e. The third-order valence-corrected chi connectivity index (χ3v) is 3.50. The van der Waals surface area contributed by atoms with Gasteiger partial charge in [0.05, 0.1) is 12.1 Å². The van der Waals surface area contributed by atoms with Crippen molar-refractivity contribution in [2.24, 2.45) is 0 Å². The van der Waals surface area contributed by atoms with E-state index in [4.69, 9.17) is 16.4 Å². The molecule has 0 radical (unpaired) electrons. The van der Waals surface area contributed by atoms with Crippen molar-refractivity contribution in [3.63, 3.8) is 0 Å². The first-order chi connectivity index (χ1) is 11.4. The third kappa shape index (κ3) is 4.02. The lowest BCUT2D eigenvalue weighted by molar-refractivity contribution is -0.155. The van der Waals surface area contributed by atoms with Crippen molar-refractivity contribution in [3.05, 3.63) is 64.9 Å². The van der Waals surface area contributed by atoms with Crippen LogP contribution < -0.4 is 4.84 Å². The molecule has 0 spiro atoms. The average molecular weight is 352 g/mol. The summed E-state index contributed by atoms with van der Waals surface area (Å²) in [7, 11) is 1.21. The molecule has 0 aliphatic rings. The van der Waals surface area contributed by atoms with E-state index in [-0.39, 0.29) is 10.8 Å². The fourth-order valence-electron chi connectivity index (χ4n) is 1.92. The highest BCUT2D eigenvalue weighted by Crippen LogP contribution is 2.23. The van der Waals surface area contributed by atoms with E-state index in [9.17, 15) is 14.0 Å². The predicted octanol–water partition coefficient (Wildman–Crippen LogP) is 3.48. The van der Waals surface area contributed by atoms with Crippen LogP contribution in [0, 0.1) is 5.82 Å². The van der Waals surface area contributed by atoms with Crippen LogP contribution in [0.3, 0.4) is 0 Å². The van der Waals surface area contributed by atoms with E-state index in [1.54, 1.807) is 30.3 Å². The molecule has 7 heteroatoms. The van der Waals surface area contributed by atoms with E-state index in [0.717, 1.165) is 11.1 Å². The average Bonchev–Trinajstić information content (AvgIpc) is 2.61. The van der Waals surface area contributed by atoms with Gasteiger partial charge in [0.2, 0.25) is 0 Å². The second kappa shape index (κ2) is 7.79. The maximum atomic E-state index is 13.3. The topological polar surface area (TPSA) is 55.8 Å². The summed E-state index contributed by atoms with van der Waals surface area (Å²) in [5, 5.41) is 0.704. The van der Waals surface area contributed by atoms with Crippen molar-refractivity contribution < 1.29 is 23.6 Å². The molecule has 0 saturated carbocycles. The Labute approximate surface area is 143 Å². The molecule has 1 amide bonds. The van der Waals surface area contributed by atoms with Crippen LogP contribution in [-0.4, -0.2) is 30.1 Å². The molecule has 0 aliphatic carbocycles. The van der Waals surface area contributed by atoms with E-state index in [1.807, 2.05) is 0 Å². The monoisotopic (exact) mass is 351 g/mol. The number of hydroxylamine groups is 2. The van der Waals surface area contributed by atoms with Crippen LogP contribution in [-0.2, 0) is 9.53 Å². The van der Waals surface area contributed by atoms with Gasteiger partial charge in [-0.25, -0.2) is 9.18 Å². The summed E-state index contributed by atoms with van der Waals surface area (Å²) in [6, 6.07) is 10.9. The standard InChI is InChI=1S/C17H15ClFNO4/c1-11(17(22)23-2)20(16(21)12-6-4-3-5-7-12)24-13-8-9-15(19)14(18)10-13/h3-11H,1-2H3/t11-/m0/s1. The van der Waals surface area contributed by atoms with E-state index in [2.05, 4.69) is 4.74 Å². The van der Waals surface area contributed by atoms with Crippen molar-refractivity contribution in [1.29, 1.82) is 0 Å². The minimum absolute atomic E-state index is 0.112. The molecule has 2 rings (SSSR count). The van der Waals surface area contributed by atoms with Gasteiger partial charge in [-0.3, -0.25) is 4.79 Å². The molecular formula is C17H15ClFNO4. The normalized spacial score (nSPS) is 11.5. The van der Waals surface area contributed by atoms with Gasteiger partial charge >= 0.3 is 5.97 Å². The number of ether oxygens (including phenoxy) is 1. The van der Waals surface area contributed by atoms with Gasteiger partial charge in [0.25, 0.3) is 5.91 Å². The molecule has 0 aliphatic heterocycles. The van der Waals surface area contributed by atoms with Crippen molar-refractivity contribution in [2.45, 2.75) is 13.0 Å². The van der Waals surface area contributed by atoms with E-state index in [0.29, 0.717) is 5.56 Å². The number of halogens is 2. The number of rotatable bonds is 5. The first-order valence-electron chi connectivity index (χ1n) is 7.03. The highest BCUT2D eigenvalue weighted by Gasteiger charge is 2.30. The molecule has 126 valence electrons. The maximum absolute atomic E-state index is 13.3. The molecule has 0 saturated heterocycles. The highest BCUT2D eigenvalue weighted by molar-refractivity contribution is 6.30. The summed E-state index contributed by atoms with van der Waals surface area (Å²) in [6.07, 6.45) is 0. The smallest absolute Gasteiger partial charge is 0.332 e. The van der Waals surface area contributed by atoms with Gasteiger partial charge < -0.3 is 9.57 Å². The lowest BCUT2D eigenvalue weighted by atomic mass is 10.2. The van der Waals surface area contributed by atoms with Gasteiger partial charge in [0.1, 0.15) is 5.82 Å². The molecule has 5 nitrogen and oxygen atoms in total. The fourth-order valence-corrected chi connectivity index (χ4v) is 2.09. The number of hydrogen-bond acceptors (Lipinski definition) is 4. The lowest BCUT2D eigenvalue weighted by Crippen LogP contribution is -2.46. The van der Waals surface area contributed by atoms with E-state index in [1.165, 1.54) is 26.2 Å². The SMILES string of the molecule is COC(=O)[C@H](C)N(Oc1ccc(F)c(Cl)c1)C(=O)c1ccccc1. The van der Waals surface area contributed by atoms with Crippen LogP contribution in [0.5, 0.6) is 5.75 Å². The first kappa shape index (κ1) is 17.7. The second-order valence-corrected chi connectivity index (χ2v) is 5.27. The predicted molar refractivity (Wildman–Crippen MR) is 86.1 cm³/mol. The Balaban J connectivity index is 2.33.